The predicted octanol–water partition coefficient (Wildman–Crippen LogP) is -2.67. The van der Waals surface area contributed by atoms with Gasteiger partial charge in [-0.25, -0.2) is 0 Å². The van der Waals surface area contributed by atoms with Crippen LogP contribution in [0.5, 0.6) is 0 Å². The summed E-state index contributed by atoms with van der Waals surface area (Å²) < 4.78 is 4.72. The van der Waals surface area contributed by atoms with Crippen LogP contribution in [0.1, 0.15) is 20.3 Å². The summed E-state index contributed by atoms with van der Waals surface area (Å²) in [6.45, 7) is 4.69. The Morgan fingerprint density at radius 3 is 2.17 bits per heavy atom. The summed E-state index contributed by atoms with van der Waals surface area (Å²) in [6, 6.07) is 0. The molecule has 0 atom stereocenters. The Morgan fingerprint density at radius 1 is 1.25 bits per heavy atom. The van der Waals surface area contributed by atoms with Crippen LogP contribution in [0.3, 0.4) is 0 Å². The van der Waals surface area contributed by atoms with Crippen LogP contribution in [0.15, 0.2) is 22.1 Å². The molecule has 0 saturated carbocycles. The van der Waals surface area contributed by atoms with Gasteiger partial charge in [0.05, 0.1) is 0 Å². The molecular formula is C9H15Cl2Ti. The Bertz CT molecular complexity index is 160. The topological polar surface area (TPSA) is 0 Å². The maximum atomic E-state index is 2.35. The quantitative estimate of drug-likeness (QED) is 0.474. The molecule has 0 saturated heterocycles. The van der Waals surface area contributed by atoms with Gasteiger partial charge < -0.3 is 24.8 Å². The van der Waals surface area contributed by atoms with E-state index in [0.717, 1.165) is 0 Å². The maximum absolute atomic E-state index is 2.35. The Hall–Kier alpha value is 0.774. The SMILES string of the molecule is C[CH2][Ti+2]([CH2]C)[C]1=CC=CC1.[Cl-].[Cl-]. The maximum Gasteiger partial charge on any atom is -1.00 e. The van der Waals surface area contributed by atoms with Gasteiger partial charge in [0.15, 0.2) is 0 Å². The van der Waals surface area contributed by atoms with Crippen LogP contribution in [0, 0.1) is 0 Å². The largest absolute Gasteiger partial charge is 1.00 e. The van der Waals surface area contributed by atoms with Gasteiger partial charge in [0.25, 0.3) is 0 Å². The number of allylic oxidation sites excluding steroid dienone is 4. The summed E-state index contributed by atoms with van der Waals surface area (Å²) in [5.41, 5.74) is 0. The second-order valence-electron chi connectivity index (χ2n) is 2.63. The first-order valence-electron chi connectivity index (χ1n) is 4.09. The van der Waals surface area contributed by atoms with Crippen molar-refractivity contribution in [2.75, 3.05) is 0 Å². The smallest absolute Gasteiger partial charge is 1.00 e. The van der Waals surface area contributed by atoms with E-state index in [0.29, 0.717) is 0 Å². The first-order chi connectivity index (χ1) is 4.88. The fourth-order valence-electron chi connectivity index (χ4n) is 1.41. The molecule has 12 heavy (non-hydrogen) atoms. The molecule has 0 aliphatic heterocycles. The second-order valence-corrected chi connectivity index (χ2v) is 7.73. The molecule has 0 bridgehead atoms. The van der Waals surface area contributed by atoms with Crippen molar-refractivity contribution < 1.29 is 42.7 Å². The van der Waals surface area contributed by atoms with E-state index in [-0.39, 0.29) is 24.8 Å². The fraction of sp³-hybridized carbons (Fsp3) is 0.556. The van der Waals surface area contributed by atoms with E-state index in [1.165, 1.54) is 15.9 Å². The standard InChI is InChI=1S/C5H5.2C2H5.2ClH.Ti/c1-2-4-5-3-1;2*1-2;;;/h1-3H,4H2;2*1H2,2H3;2*1H;/q;;;;;+2/p-2. The molecule has 0 spiro atoms. The predicted molar refractivity (Wildman–Crippen MR) is 42.8 cm³/mol. The van der Waals surface area contributed by atoms with Gasteiger partial charge in [-0.15, -0.1) is 0 Å². The first-order valence-corrected chi connectivity index (χ1v) is 7.08. The molecule has 0 radical (unpaired) electrons. The van der Waals surface area contributed by atoms with Crippen LogP contribution in [0.2, 0.25) is 9.45 Å². The zero-order chi connectivity index (χ0) is 7.40. The van der Waals surface area contributed by atoms with Gasteiger partial charge in [0.2, 0.25) is 0 Å². The molecule has 1 rings (SSSR count). The molecule has 1 aliphatic carbocycles. The average molecular weight is 242 g/mol. The fourth-order valence-corrected chi connectivity index (χ4v) is 4.77. The van der Waals surface area contributed by atoms with Gasteiger partial charge in [-0.1, -0.05) is 0 Å². The minimum Gasteiger partial charge on any atom is -1.00 e. The third kappa shape index (κ3) is 4.14. The van der Waals surface area contributed by atoms with Crippen LogP contribution in [0.25, 0.3) is 0 Å². The number of rotatable bonds is 3. The summed E-state index contributed by atoms with van der Waals surface area (Å²) >= 11 is -0.704. The van der Waals surface area contributed by atoms with Crippen molar-refractivity contribution >= 4 is 0 Å². The average Bonchev–Trinajstić information content (AvgIpc) is 2.43. The number of halogens is 2. The molecule has 0 nitrogen and oxygen atoms in total. The molecule has 3 heteroatoms. The van der Waals surface area contributed by atoms with Crippen LogP contribution >= 0.6 is 0 Å². The molecule has 0 aromatic carbocycles. The number of hydrogen-bond acceptors (Lipinski definition) is 0. The molecule has 0 unspecified atom stereocenters. The molecule has 0 aromatic heterocycles. The molecule has 0 fully saturated rings. The van der Waals surface area contributed by atoms with E-state index in [4.69, 9.17) is 0 Å². The normalized spacial score (nSPS) is 13.0. The van der Waals surface area contributed by atoms with Crippen molar-refractivity contribution in [2.45, 2.75) is 29.7 Å². The van der Waals surface area contributed by atoms with E-state index < -0.39 is 17.9 Å². The summed E-state index contributed by atoms with van der Waals surface area (Å²) in [7, 11) is 0. The molecule has 69 valence electrons. The van der Waals surface area contributed by atoms with Gasteiger partial charge >= 0.3 is 69.7 Å². The van der Waals surface area contributed by atoms with Crippen LogP contribution in [0.4, 0.5) is 0 Å². The number of hydrogen-bond donors (Lipinski definition) is 0. The van der Waals surface area contributed by atoms with Crippen molar-refractivity contribution in [1.29, 1.82) is 0 Å². The second kappa shape index (κ2) is 8.38. The van der Waals surface area contributed by atoms with Gasteiger partial charge in [-0.3, -0.25) is 0 Å². The molecule has 0 N–H and O–H groups in total. The summed E-state index contributed by atoms with van der Waals surface area (Å²) in [4.78, 5) is 0. The molecule has 0 amide bonds. The van der Waals surface area contributed by atoms with Crippen LogP contribution < -0.4 is 24.8 Å². The van der Waals surface area contributed by atoms with Gasteiger partial charge in [0, 0.05) is 0 Å². The Kier molecular flexibility index (Phi) is 10.6. The third-order valence-electron chi connectivity index (χ3n) is 2.08. The van der Waals surface area contributed by atoms with Crippen LogP contribution in [-0.2, 0) is 17.9 Å². The van der Waals surface area contributed by atoms with Gasteiger partial charge in [0.1, 0.15) is 0 Å². The minimum atomic E-state index is -0.704. The van der Waals surface area contributed by atoms with E-state index in [9.17, 15) is 0 Å². The first kappa shape index (κ1) is 15.3. The van der Waals surface area contributed by atoms with Gasteiger partial charge in [-0.2, -0.15) is 0 Å². The van der Waals surface area contributed by atoms with E-state index in [1.54, 1.807) is 3.88 Å². The molecular weight excluding hydrogens is 227 g/mol. The van der Waals surface area contributed by atoms with E-state index in [2.05, 4.69) is 32.1 Å². The summed E-state index contributed by atoms with van der Waals surface area (Å²) in [5.74, 6) is 0. The van der Waals surface area contributed by atoms with Crippen molar-refractivity contribution in [3.05, 3.63) is 22.1 Å². The monoisotopic (exact) mass is 241 g/mol. The van der Waals surface area contributed by atoms with E-state index in [1.807, 2.05) is 0 Å². The minimum absolute atomic E-state index is 0. The van der Waals surface area contributed by atoms with Crippen molar-refractivity contribution in [2.24, 2.45) is 0 Å². The Labute approximate surface area is 94.2 Å². The molecule has 1 aliphatic rings. The Balaban J connectivity index is 0. The molecule has 0 aromatic rings. The van der Waals surface area contributed by atoms with Gasteiger partial charge in [-0.05, 0) is 0 Å². The third-order valence-corrected chi connectivity index (χ3v) is 6.74. The zero-order valence-electron chi connectivity index (χ0n) is 7.61. The zero-order valence-corrected chi connectivity index (χ0v) is 10.7. The summed E-state index contributed by atoms with van der Waals surface area (Å²) in [6.07, 6.45) is 8.13. The Morgan fingerprint density at radius 2 is 1.83 bits per heavy atom. The van der Waals surface area contributed by atoms with Crippen molar-refractivity contribution in [1.82, 2.24) is 0 Å². The summed E-state index contributed by atoms with van der Waals surface area (Å²) in [5, 5.41) is 0. The molecule has 0 heterocycles. The van der Waals surface area contributed by atoms with Crippen LogP contribution in [-0.4, -0.2) is 0 Å². The van der Waals surface area contributed by atoms with Crippen molar-refractivity contribution in [3.63, 3.8) is 0 Å². The van der Waals surface area contributed by atoms with Crippen molar-refractivity contribution in [3.8, 4) is 0 Å². The van der Waals surface area contributed by atoms with E-state index >= 15 is 0 Å².